The topological polar surface area (TPSA) is 46.5 Å². The number of thioether (sulfide) groups is 1. The van der Waals surface area contributed by atoms with Crippen LogP contribution in [0.25, 0.3) is 11.1 Å². The zero-order chi connectivity index (χ0) is 21.7. The molecular weight excluding hydrogens is 561 g/mol. The van der Waals surface area contributed by atoms with E-state index in [2.05, 4.69) is 72.8 Å². The van der Waals surface area contributed by atoms with E-state index in [4.69, 9.17) is 4.89 Å². The van der Waals surface area contributed by atoms with Gasteiger partial charge in [0, 0.05) is 16.0 Å². The molecule has 158 valence electrons. The minimum absolute atomic E-state index is 0.0848. The van der Waals surface area contributed by atoms with Gasteiger partial charge in [0.2, 0.25) is 0 Å². The number of benzene rings is 3. The van der Waals surface area contributed by atoms with Crippen molar-refractivity contribution in [3.63, 3.8) is 0 Å². The molecule has 1 unspecified atom stereocenters. The molecule has 0 heterocycles. The summed E-state index contributed by atoms with van der Waals surface area (Å²) in [4.78, 5) is 9.17. The highest BCUT2D eigenvalue weighted by molar-refractivity contribution is 9.10. The predicted molar refractivity (Wildman–Crippen MR) is 125 cm³/mol. The van der Waals surface area contributed by atoms with E-state index < -0.39 is 13.8 Å². The molecule has 0 aromatic heterocycles. The largest absolute Gasteiger partial charge is 0.442 e. The van der Waals surface area contributed by atoms with Crippen LogP contribution in [0, 0.1) is 0 Å². The number of rotatable bonds is 8. The molecule has 3 nitrogen and oxygen atoms in total. The zero-order valence-electron chi connectivity index (χ0n) is 15.5. The van der Waals surface area contributed by atoms with E-state index in [9.17, 15) is 13.3 Å². The molecule has 0 aliphatic rings. The maximum Gasteiger partial charge on any atom is 0.442 e. The SMILES string of the molecule is O=P(O)(Oc1ccc(CSCc2ccc(-c3ccc(Br)cc3)cc2)cc1Br)C(F)F. The van der Waals surface area contributed by atoms with E-state index in [1.807, 2.05) is 12.1 Å². The fourth-order valence-electron chi connectivity index (χ4n) is 2.61. The summed E-state index contributed by atoms with van der Waals surface area (Å²) in [5, 5.41) is 0. The molecule has 30 heavy (non-hydrogen) atoms. The highest BCUT2D eigenvalue weighted by atomic mass is 79.9. The quantitative estimate of drug-likeness (QED) is 0.275. The smallest absolute Gasteiger partial charge is 0.420 e. The first-order chi connectivity index (χ1) is 14.2. The van der Waals surface area contributed by atoms with E-state index in [-0.39, 0.29) is 5.75 Å². The van der Waals surface area contributed by atoms with Crippen molar-refractivity contribution in [2.75, 3.05) is 0 Å². The van der Waals surface area contributed by atoms with Crippen molar-refractivity contribution in [2.45, 2.75) is 17.7 Å². The van der Waals surface area contributed by atoms with Crippen LogP contribution in [-0.4, -0.2) is 11.1 Å². The molecule has 0 saturated carbocycles. The van der Waals surface area contributed by atoms with Crippen LogP contribution in [0.2, 0.25) is 0 Å². The molecule has 0 radical (unpaired) electrons. The molecule has 3 aromatic carbocycles. The molecule has 0 bridgehead atoms. The Hall–Kier alpha value is -1.18. The van der Waals surface area contributed by atoms with Crippen molar-refractivity contribution in [1.29, 1.82) is 0 Å². The third-order valence-corrected chi connectivity index (χ3v) is 7.32. The molecule has 3 rings (SSSR count). The second-order valence-corrected chi connectivity index (χ2v) is 10.9. The number of halogens is 4. The summed E-state index contributed by atoms with van der Waals surface area (Å²) in [6.07, 6.45) is -3.45. The molecule has 0 saturated heterocycles. The first-order valence-corrected chi connectivity index (χ1v) is 13.1. The summed E-state index contributed by atoms with van der Waals surface area (Å²) >= 11 is 8.35. The minimum Gasteiger partial charge on any atom is -0.420 e. The maximum absolute atomic E-state index is 12.5. The highest BCUT2D eigenvalue weighted by Gasteiger charge is 2.34. The molecule has 1 atom stereocenters. The van der Waals surface area contributed by atoms with Crippen molar-refractivity contribution in [1.82, 2.24) is 0 Å². The van der Waals surface area contributed by atoms with Crippen molar-refractivity contribution < 1.29 is 22.8 Å². The number of hydrogen-bond acceptors (Lipinski definition) is 3. The van der Waals surface area contributed by atoms with Crippen LogP contribution in [0.3, 0.4) is 0 Å². The van der Waals surface area contributed by atoms with Crippen LogP contribution in [0.5, 0.6) is 5.75 Å². The second-order valence-electron chi connectivity index (χ2n) is 6.39. The van der Waals surface area contributed by atoms with Crippen LogP contribution in [0.1, 0.15) is 11.1 Å². The molecule has 0 amide bonds. The standard InChI is InChI=1S/C21H17Br2F2O3PS/c22-18-8-6-17(7-9-18)16-4-1-14(2-5-16)12-30-13-15-3-10-20(19(23)11-15)28-29(26,27)21(24)25/h1-11,21H,12-13H2,(H,26,27). The van der Waals surface area contributed by atoms with Crippen molar-refractivity contribution in [2.24, 2.45) is 0 Å². The van der Waals surface area contributed by atoms with Gasteiger partial charge in [0.25, 0.3) is 0 Å². The van der Waals surface area contributed by atoms with Gasteiger partial charge in [0.1, 0.15) is 5.75 Å². The van der Waals surface area contributed by atoms with Gasteiger partial charge in [-0.3, -0.25) is 0 Å². The van der Waals surface area contributed by atoms with Gasteiger partial charge in [0.15, 0.2) is 0 Å². The van der Waals surface area contributed by atoms with Crippen LogP contribution in [0.4, 0.5) is 8.78 Å². The van der Waals surface area contributed by atoms with Crippen LogP contribution >= 0.6 is 51.2 Å². The van der Waals surface area contributed by atoms with Crippen molar-refractivity contribution in [3.8, 4) is 16.9 Å². The fraction of sp³-hybridized carbons (Fsp3) is 0.143. The maximum atomic E-state index is 12.5. The van der Waals surface area contributed by atoms with Gasteiger partial charge >= 0.3 is 13.8 Å². The summed E-state index contributed by atoms with van der Waals surface area (Å²) in [5.41, 5.74) is 4.44. The molecule has 0 aliphatic heterocycles. The van der Waals surface area contributed by atoms with E-state index in [1.54, 1.807) is 23.9 Å². The summed E-state index contributed by atoms with van der Waals surface area (Å²) in [6.45, 7) is 0. The summed E-state index contributed by atoms with van der Waals surface area (Å²) in [6, 6.07) is 21.3. The van der Waals surface area contributed by atoms with Crippen molar-refractivity contribution >= 4 is 51.2 Å². The lowest BCUT2D eigenvalue weighted by Gasteiger charge is -2.14. The van der Waals surface area contributed by atoms with Crippen LogP contribution < -0.4 is 4.52 Å². The van der Waals surface area contributed by atoms with E-state index in [0.29, 0.717) is 10.2 Å². The molecule has 1 N–H and O–H groups in total. The van der Waals surface area contributed by atoms with Gasteiger partial charge < -0.3 is 9.42 Å². The Balaban J connectivity index is 1.55. The number of alkyl halides is 2. The summed E-state index contributed by atoms with van der Waals surface area (Å²) in [5.74, 6) is 1.42. The van der Waals surface area contributed by atoms with Gasteiger partial charge in [-0.1, -0.05) is 58.4 Å². The Labute approximate surface area is 194 Å². The van der Waals surface area contributed by atoms with E-state index in [0.717, 1.165) is 26.9 Å². The summed E-state index contributed by atoms with van der Waals surface area (Å²) < 4.78 is 42.4. The lowest BCUT2D eigenvalue weighted by Crippen LogP contribution is -2.01. The van der Waals surface area contributed by atoms with Crippen molar-refractivity contribution in [3.05, 3.63) is 86.8 Å². The van der Waals surface area contributed by atoms with Gasteiger partial charge in [-0.15, -0.1) is 0 Å². The Morgan fingerprint density at radius 2 is 1.43 bits per heavy atom. The Kier molecular flexibility index (Phi) is 8.16. The normalized spacial score (nSPS) is 13.3. The van der Waals surface area contributed by atoms with Gasteiger partial charge in [-0.05, 0) is 62.4 Å². The Morgan fingerprint density at radius 1 is 0.900 bits per heavy atom. The molecule has 0 fully saturated rings. The van der Waals surface area contributed by atoms with Gasteiger partial charge in [-0.25, -0.2) is 4.57 Å². The third kappa shape index (κ3) is 6.41. The highest BCUT2D eigenvalue weighted by Crippen LogP contribution is 2.50. The minimum atomic E-state index is -4.99. The lowest BCUT2D eigenvalue weighted by atomic mass is 10.0. The predicted octanol–water partition coefficient (Wildman–Crippen LogP) is 8.10. The first kappa shape index (κ1) is 23.5. The average molecular weight is 578 g/mol. The molecule has 0 spiro atoms. The third-order valence-electron chi connectivity index (χ3n) is 4.14. The van der Waals surface area contributed by atoms with Gasteiger partial charge in [-0.2, -0.15) is 20.5 Å². The van der Waals surface area contributed by atoms with Crippen LogP contribution in [-0.2, 0) is 16.1 Å². The van der Waals surface area contributed by atoms with E-state index >= 15 is 0 Å². The molecular formula is C21H17Br2F2O3PS. The molecule has 3 aromatic rings. The molecule has 9 heteroatoms. The molecule has 0 aliphatic carbocycles. The van der Waals surface area contributed by atoms with Gasteiger partial charge in [0.05, 0.1) is 4.47 Å². The second kappa shape index (κ2) is 10.4. The number of hydrogen-bond donors (Lipinski definition) is 1. The van der Waals surface area contributed by atoms with Crippen LogP contribution in [0.15, 0.2) is 75.7 Å². The van der Waals surface area contributed by atoms with E-state index in [1.165, 1.54) is 11.6 Å². The lowest BCUT2D eigenvalue weighted by molar-refractivity contribution is 0.188. The average Bonchev–Trinajstić information content (AvgIpc) is 2.71. The Morgan fingerprint density at radius 3 is 2.00 bits per heavy atom. The monoisotopic (exact) mass is 576 g/mol. The fourth-order valence-corrected chi connectivity index (χ4v) is 4.97. The first-order valence-electron chi connectivity index (χ1n) is 8.76. The summed E-state index contributed by atoms with van der Waals surface area (Å²) in [7, 11) is -4.99. The zero-order valence-corrected chi connectivity index (χ0v) is 20.4. The Bertz CT molecular complexity index is 1050.